The minimum absolute atomic E-state index is 0.145. The molecular weight excluding hydrogens is 272 g/mol. The van der Waals surface area contributed by atoms with Gasteiger partial charge in [0.25, 0.3) is 0 Å². The van der Waals surface area contributed by atoms with Crippen LogP contribution in [0.4, 0.5) is 0 Å². The molecule has 5 rings (SSSR count). The molecule has 0 aromatic rings. The maximum Gasteiger partial charge on any atom is 0.330 e. The Bertz CT molecular complexity index is 438. The van der Waals surface area contributed by atoms with E-state index < -0.39 is 0 Å². The van der Waals surface area contributed by atoms with Gasteiger partial charge < -0.3 is 4.74 Å². The van der Waals surface area contributed by atoms with Gasteiger partial charge in [0.2, 0.25) is 0 Å². The Hall–Kier alpha value is -0.790. The van der Waals surface area contributed by atoms with Crippen molar-refractivity contribution in [1.82, 2.24) is 0 Å². The van der Waals surface area contributed by atoms with Crippen molar-refractivity contribution in [3.05, 3.63) is 12.7 Å². The number of hydrogen-bond acceptors (Lipinski definition) is 2. The lowest BCUT2D eigenvalue weighted by molar-refractivity contribution is -0.230. The average Bonchev–Trinajstić information content (AvgIpc) is 2.50. The molecule has 4 bridgehead atoms. The van der Waals surface area contributed by atoms with Crippen LogP contribution in [0.2, 0.25) is 0 Å². The number of esters is 1. The molecule has 0 N–H and O–H groups in total. The Morgan fingerprint density at radius 2 is 1.64 bits per heavy atom. The van der Waals surface area contributed by atoms with Crippen LogP contribution >= 0.6 is 0 Å². The summed E-state index contributed by atoms with van der Waals surface area (Å²) >= 11 is 0. The Morgan fingerprint density at radius 1 is 1.00 bits per heavy atom. The van der Waals surface area contributed by atoms with Crippen LogP contribution in [0.5, 0.6) is 0 Å². The van der Waals surface area contributed by atoms with Gasteiger partial charge in [0.1, 0.15) is 5.60 Å². The minimum Gasteiger partial charge on any atom is -0.455 e. The highest BCUT2D eigenvalue weighted by molar-refractivity contribution is 5.81. The van der Waals surface area contributed by atoms with Crippen molar-refractivity contribution in [2.24, 2.45) is 35.5 Å². The summed E-state index contributed by atoms with van der Waals surface area (Å²) < 4.78 is 6.29. The lowest BCUT2D eigenvalue weighted by atomic mass is 9.46. The zero-order chi connectivity index (χ0) is 15.3. The van der Waals surface area contributed by atoms with Crippen LogP contribution in [0.25, 0.3) is 0 Å². The zero-order valence-electron chi connectivity index (χ0n) is 13.9. The van der Waals surface area contributed by atoms with E-state index in [1.165, 1.54) is 63.9 Å². The monoisotopic (exact) mass is 302 g/mol. The smallest absolute Gasteiger partial charge is 0.330 e. The standard InChI is InChI=1S/C20H30O2/c1-3-19(21)22-20(16-6-4-5-13(2)7-16)17-9-14-8-15(11-17)12-18(20)10-14/h3,13-18H,1,4-12H2,2H3. The van der Waals surface area contributed by atoms with Crippen LogP contribution in [0, 0.1) is 35.5 Å². The molecular formula is C20H30O2. The molecule has 2 unspecified atom stereocenters. The number of ether oxygens (including phenoxy) is 1. The minimum atomic E-state index is -0.175. The third-order valence-corrected chi connectivity index (χ3v) is 7.43. The van der Waals surface area contributed by atoms with E-state index in [1.54, 1.807) is 0 Å². The van der Waals surface area contributed by atoms with Crippen LogP contribution in [-0.2, 0) is 9.53 Å². The number of rotatable bonds is 3. The average molecular weight is 302 g/mol. The highest BCUT2D eigenvalue weighted by Gasteiger charge is 2.62. The van der Waals surface area contributed by atoms with Crippen molar-refractivity contribution in [2.75, 3.05) is 0 Å². The Labute approximate surface area is 134 Å². The summed E-state index contributed by atoms with van der Waals surface area (Å²) in [7, 11) is 0. The second-order valence-corrected chi connectivity index (χ2v) is 8.75. The van der Waals surface area contributed by atoms with E-state index in [1.807, 2.05) is 0 Å². The molecule has 5 fully saturated rings. The SMILES string of the molecule is C=CC(=O)OC1(C2CCCC(C)C2)C2CC3CC(C2)CC1C3. The third-order valence-electron chi connectivity index (χ3n) is 7.43. The molecule has 0 aromatic carbocycles. The van der Waals surface area contributed by atoms with Crippen molar-refractivity contribution >= 4 is 5.97 Å². The van der Waals surface area contributed by atoms with Crippen LogP contribution < -0.4 is 0 Å². The van der Waals surface area contributed by atoms with E-state index in [0.717, 1.165) is 17.8 Å². The van der Waals surface area contributed by atoms with Crippen molar-refractivity contribution in [3.63, 3.8) is 0 Å². The molecule has 0 heterocycles. The molecule has 5 aliphatic carbocycles. The molecule has 0 spiro atoms. The third kappa shape index (κ3) is 2.17. The van der Waals surface area contributed by atoms with Gasteiger partial charge in [-0.1, -0.05) is 26.3 Å². The second-order valence-electron chi connectivity index (χ2n) is 8.75. The quantitative estimate of drug-likeness (QED) is 0.556. The zero-order valence-corrected chi connectivity index (χ0v) is 13.9. The van der Waals surface area contributed by atoms with Gasteiger partial charge in [-0.15, -0.1) is 0 Å². The Balaban J connectivity index is 1.69. The summed E-state index contributed by atoms with van der Waals surface area (Å²) in [4.78, 5) is 12.2. The molecule has 0 saturated heterocycles. The van der Waals surface area contributed by atoms with Crippen molar-refractivity contribution < 1.29 is 9.53 Å². The lowest BCUT2D eigenvalue weighted by Gasteiger charge is -2.63. The molecule has 0 amide bonds. The van der Waals surface area contributed by atoms with Gasteiger partial charge in [-0.25, -0.2) is 4.79 Å². The van der Waals surface area contributed by atoms with E-state index in [9.17, 15) is 4.79 Å². The first-order valence-corrected chi connectivity index (χ1v) is 9.47. The molecule has 2 nitrogen and oxygen atoms in total. The highest BCUT2D eigenvalue weighted by atomic mass is 16.6. The Morgan fingerprint density at radius 3 is 2.18 bits per heavy atom. The molecule has 5 aliphatic rings. The molecule has 122 valence electrons. The first-order chi connectivity index (χ1) is 10.6. The molecule has 22 heavy (non-hydrogen) atoms. The number of carbonyl (C=O) groups excluding carboxylic acids is 1. The van der Waals surface area contributed by atoms with Crippen LogP contribution in [-0.4, -0.2) is 11.6 Å². The first kappa shape index (κ1) is 14.8. The molecule has 2 atom stereocenters. The van der Waals surface area contributed by atoms with Crippen LogP contribution in [0.15, 0.2) is 12.7 Å². The summed E-state index contributed by atoms with van der Waals surface area (Å²) in [5, 5.41) is 0. The molecule has 5 saturated carbocycles. The number of hydrogen-bond donors (Lipinski definition) is 0. The maximum atomic E-state index is 12.2. The van der Waals surface area contributed by atoms with E-state index in [0.29, 0.717) is 17.8 Å². The lowest BCUT2D eigenvalue weighted by Crippen LogP contribution is -2.63. The fraction of sp³-hybridized carbons (Fsp3) is 0.850. The predicted molar refractivity (Wildman–Crippen MR) is 87.2 cm³/mol. The fourth-order valence-electron chi connectivity index (χ4n) is 6.90. The molecule has 0 radical (unpaired) electrons. The maximum absolute atomic E-state index is 12.2. The van der Waals surface area contributed by atoms with Gasteiger partial charge in [0, 0.05) is 6.08 Å². The predicted octanol–water partition coefficient (Wildman–Crippen LogP) is 4.74. The fourth-order valence-corrected chi connectivity index (χ4v) is 6.90. The van der Waals surface area contributed by atoms with Gasteiger partial charge >= 0.3 is 5.97 Å². The van der Waals surface area contributed by atoms with Gasteiger partial charge in [-0.2, -0.15) is 0 Å². The van der Waals surface area contributed by atoms with E-state index in [2.05, 4.69) is 13.5 Å². The topological polar surface area (TPSA) is 26.3 Å². The van der Waals surface area contributed by atoms with Crippen LogP contribution in [0.1, 0.15) is 64.7 Å². The molecule has 2 heteroatoms. The van der Waals surface area contributed by atoms with Crippen LogP contribution in [0.3, 0.4) is 0 Å². The first-order valence-electron chi connectivity index (χ1n) is 9.47. The summed E-state index contributed by atoms with van der Waals surface area (Å²) in [6, 6.07) is 0. The summed E-state index contributed by atoms with van der Waals surface area (Å²) in [5.74, 6) is 4.29. The molecule has 0 aliphatic heterocycles. The normalized spacial score (nSPS) is 49.9. The van der Waals surface area contributed by atoms with E-state index in [4.69, 9.17) is 4.74 Å². The van der Waals surface area contributed by atoms with Gasteiger partial charge in [-0.05, 0) is 80.5 Å². The highest BCUT2D eigenvalue weighted by Crippen LogP contribution is 2.63. The van der Waals surface area contributed by atoms with Gasteiger partial charge in [0.15, 0.2) is 0 Å². The van der Waals surface area contributed by atoms with Crippen molar-refractivity contribution in [3.8, 4) is 0 Å². The van der Waals surface area contributed by atoms with Gasteiger partial charge in [-0.3, -0.25) is 0 Å². The summed E-state index contributed by atoms with van der Waals surface area (Å²) in [6.07, 6.45) is 13.2. The summed E-state index contributed by atoms with van der Waals surface area (Å²) in [6.45, 7) is 6.04. The largest absolute Gasteiger partial charge is 0.455 e. The Kier molecular flexibility index (Phi) is 3.62. The molecule has 0 aromatic heterocycles. The van der Waals surface area contributed by atoms with E-state index >= 15 is 0 Å². The summed E-state index contributed by atoms with van der Waals surface area (Å²) in [5.41, 5.74) is -0.145. The van der Waals surface area contributed by atoms with Crippen molar-refractivity contribution in [1.29, 1.82) is 0 Å². The number of carbonyl (C=O) groups is 1. The van der Waals surface area contributed by atoms with Gasteiger partial charge in [0.05, 0.1) is 0 Å². The second kappa shape index (κ2) is 5.39. The van der Waals surface area contributed by atoms with Crippen molar-refractivity contribution in [2.45, 2.75) is 70.3 Å². The van der Waals surface area contributed by atoms with E-state index in [-0.39, 0.29) is 11.6 Å².